The van der Waals surface area contributed by atoms with Crippen LogP contribution in [0.5, 0.6) is 0 Å². The Morgan fingerprint density at radius 3 is 1.04 bits per heavy atom. The molecule has 0 amide bonds. The molecular weight excluding hydrogens is 1160 g/mol. The van der Waals surface area contributed by atoms with Crippen LogP contribution in [0.25, 0.3) is 0 Å². The number of nitro groups is 2. The molecule has 0 spiro atoms. The van der Waals surface area contributed by atoms with E-state index in [1.54, 1.807) is 12.1 Å². The fourth-order valence-electron chi connectivity index (χ4n) is 6.93. The zero-order chi connectivity index (χ0) is 61.0. The molecule has 0 aliphatic heterocycles. The Kier molecular flexibility index (Phi) is 56.0. The van der Waals surface area contributed by atoms with Gasteiger partial charge in [-0.05, 0) is 197 Å². The summed E-state index contributed by atoms with van der Waals surface area (Å²) in [7, 11) is 0.0510. The molecule has 0 heterocycles. The zero-order valence-corrected chi connectivity index (χ0v) is 58.9. The van der Waals surface area contributed by atoms with Gasteiger partial charge in [0.2, 0.25) is 0 Å². The largest absolute Gasteiger partial charge is 0.399 e. The molecule has 0 atom stereocenters. The number of anilines is 1. The number of benzene rings is 6. The Morgan fingerprint density at radius 1 is 0.524 bits per heavy atom. The van der Waals surface area contributed by atoms with E-state index in [4.69, 9.17) is 16.8 Å². The normalized spacial score (nSPS) is 9.51. The van der Waals surface area contributed by atoms with Gasteiger partial charge in [-0.3, -0.25) is 20.2 Å². The van der Waals surface area contributed by atoms with Gasteiger partial charge in [0.1, 0.15) is 38.2 Å². The molecule has 0 fully saturated rings. The summed E-state index contributed by atoms with van der Waals surface area (Å²) in [5.41, 5.74) is 21.7. The van der Waals surface area contributed by atoms with Crippen LogP contribution < -0.4 is 5.73 Å². The monoisotopic (exact) mass is 1270 g/mol. The second kappa shape index (κ2) is 50.1. The molecule has 6 rings (SSSR count). The van der Waals surface area contributed by atoms with Crippen molar-refractivity contribution in [3.8, 4) is 0 Å². The van der Waals surface area contributed by atoms with Crippen molar-refractivity contribution in [2.24, 2.45) is 0 Å². The van der Waals surface area contributed by atoms with E-state index < -0.39 is 18.1 Å². The number of non-ortho nitro benzene ring substituents is 2. The van der Waals surface area contributed by atoms with Crippen molar-refractivity contribution < 1.29 is 31.3 Å². The number of nitrogens with zero attached hydrogens (tertiary/aromatic N) is 2. The van der Waals surface area contributed by atoms with Crippen LogP contribution in [-0.4, -0.2) is 60.6 Å². The van der Waals surface area contributed by atoms with Gasteiger partial charge in [0.05, 0.1) is 9.85 Å². The maximum absolute atomic E-state index is 12.5. The second-order valence-electron chi connectivity index (χ2n) is 19.8. The first-order valence-electron chi connectivity index (χ1n) is 26.7. The first-order valence-corrected chi connectivity index (χ1v) is 37.5. The van der Waals surface area contributed by atoms with Gasteiger partial charge in [0.25, 0.3) is 11.4 Å². The number of hydrogen-bond acceptors (Lipinski definition) is 5. The Labute approximate surface area is 527 Å². The molecule has 0 aromatic heterocycles. The van der Waals surface area contributed by atoms with Gasteiger partial charge in [-0.25, -0.2) is 4.39 Å². The van der Waals surface area contributed by atoms with Crippen molar-refractivity contribution in [3.63, 3.8) is 0 Å². The molecule has 0 radical (unpaired) electrons. The molecule has 0 saturated heterocycles. The van der Waals surface area contributed by atoms with Crippen LogP contribution in [0.3, 0.4) is 0 Å². The third kappa shape index (κ3) is 42.6. The summed E-state index contributed by atoms with van der Waals surface area (Å²) < 4.78 is 12.5. The minimum atomic E-state index is -1.14. The van der Waals surface area contributed by atoms with Crippen molar-refractivity contribution in [1.29, 1.82) is 0 Å². The molecule has 466 valence electrons. The number of aryl methyl sites for hydroxylation is 12. The average molecular weight is 1270 g/mol. The van der Waals surface area contributed by atoms with Crippen LogP contribution in [0.4, 0.5) is 21.5 Å². The summed E-state index contributed by atoms with van der Waals surface area (Å²) in [4.78, 5) is 22.5. The smallest absolute Gasteiger partial charge is 0.269 e. The quantitative estimate of drug-likeness (QED) is 0.0226. The van der Waals surface area contributed by atoms with E-state index in [0.717, 1.165) is 55.5 Å². The molecular formula is C68H112ClFFeN3O4S3Si+. The molecule has 82 heavy (non-hydrogen) atoms. The fourth-order valence-corrected chi connectivity index (χ4v) is 8.43. The van der Waals surface area contributed by atoms with E-state index in [1.807, 2.05) is 45.9 Å². The Morgan fingerprint density at radius 2 is 0.780 bits per heavy atom. The van der Waals surface area contributed by atoms with Gasteiger partial charge in [0.15, 0.2) is 9.79 Å². The molecule has 2 N–H and O–H groups in total. The van der Waals surface area contributed by atoms with E-state index >= 15 is 0 Å². The van der Waals surface area contributed by atoms with Crippen molar-refractivity contribution in [3.05, 3.63) is 209 Å². The van der Waals surface area contributed by atoms with Crippen molar-refractivity contribution in [2.75, 3.05) is 43.3 Å². The van der Waals surface area contributed by atoms with E-state index in [0.29, 0.717) is 37.8 Å². The van der Waals surface area contributed by atoms with E-state index in [2.05, 4.69) is 186 Å². The van der Waals surface area contributed by atoms with E-state index in [1.165, 1.54) is 78.4 Å². The summed E-state index contributed by atoms with van der Waals surface area (Å²) >= 11 is 5.67. The first-order chi connectivity index (χ1) is 36.3. The number of rotatable bonds is 9. The van der Waals surface area contributed by atoms with Gasteiger partial charge in [0, 0.05) is 68.8 Å². The fraction of sp³-hybridized carbons (Fsp3) is 0.441. The molecule has 7 nitrogen and oxygen atoms in total. The first kappa shape index (κ1) is 91.5. The maximum atomic E-state index is 12.5. The van der Waals surface area contributed by atoms with Crippen LogP contribution in [0.2, 0.25) is 19.6 Å². The van der Waals surface area contributed by atoms with Crippen LogP contribution in [0, 0.1) is 81.9 Å². The number of nitrogens with two attached hydrogens (primary N) is 1. The van der Waals surface area contributed by atoms with Gasteiger partial charge in [-0.15, -0.1) is 0 Å². The van der Waals surface area contributed by atoms with Gasteiger partial charge in [-0.2, -0.15) is 21.6 Å². The Bertz CT molecular complexity index is 2600. The zero-order valence-electron chi connectivity index (χ0n) is 53.6. The Balaban J connectivity index is -0.000000157. The van der Waals surface area contributed by atoms with Crippen molar-refractivity contribution in [1.82, 2.24) is 0 Å². The van der Waals surface area contributed by atoms with Gasteiger partial charge >= 0.3 is 0 Å². The topological polar surface area (TPSA) is 112 Å². The number of nitrogen functional groups attached to an aromatic ring is 1. The van der Waals surface area contributed by atoms with Crippen LogP contribution >= 0.6 is 21.6 Å². The third-order valence-electron chi connectivity index (χ3n) is 11.2. The summed E-state index contributed by atoms with van der Waals surface area (Å²) in [5.74, 6) is 3.25. The third-order valence-corrected chi connectivity index (χ3v) is 13.6. The molecule has 0 aliphatic rings. The minimum Gasteiger partial charge on any atom is -0.399 e. The summed E-state index contributed by atoms with van der Waals surface area (Å²) in [6, 6.07) is 34.8. The molecule has 6 aromatic rings. The SMILES string of the molecule is C.C.C=S(C)C.CC.CCc1ccc(C)cc1C.CCc1ccc(N)cc1C.CCc1ccc([N+](=O)[O-])cc1C.CCc1ccc([S+](C)C)cc1C.CCc1ccc([S+](C)C)cc1C.C[Si](C)(C)Cl.Cc1cc([N+](=O)[O-])ccc1F.[CH3-].[Fe]. The van der Waals surface area contributed by atoms with Crippen molar-refractivity contribution in [2.45, 2.75) is 173 Å². The summed E-state index contributed by atoms with van der Waals surface area (Å²) in [6.07, 6.45) is 18.7. The average Bonchev–Trinajstić information content (AvgIpc) is 3.35. The van der Waals surface area contributed by atoms with Gasteiger partial charge < -0.3 is 13.2 Å². The van der Waals surface area contributed by atoms with Gasteiger partial charge in [-0.1, -0.05) is 137 Å². The second-order valence-corrected chi connectivity index (χ2v) is 33.5. The molecule has 6 aromatic carbocycles. The maximum Gasteiger partial charge on any atom is 0.269 e. The molecule has 0 unspecified atom stereocenters. The standard InChI is InChI=1S/2C11H17S.C10H14.C9H11NO2.C9H13N.C7H6FNO2.C3H9ClSi.C3H8S.C2H6.2CH4.CH3.Fe/c2*1-5-10-6-7-11(12(3)4)8-9(10)2;1-4-10-6-5-8(2)7-9(10)3;1-3-8-4-5-9(10(11)12)6-7(8)2;1-3-8-4-5-9(10)6-7(8)2;1-5-4-6(9(10)11)2-3-7(5)8;1-5(2,3)4;1-4(2)3;1-2;;;;/h2*6-8H,5H2,1-4H3;5-7H,4H2,1-3H3;4-6H,3H2,1-2H3;4-6H,3,10H2,1-2H3;2-4H,1H3;1-3H3;1H2,2-3H3;1-2H3;2*1H4;1H3;/q2*+1;;;;;;;;;;-1;. The van der Waals surface area contributed by atoms with Crippen LogP contribution in [0.1, 0.15) is 130 Å². The number of nitro benzene ring substituents is 2. The van der Waals surface area contributed by atoms with Crippen LogP contribution in [0.15, 0.2) is 119 Å². The minimum absolute atomic E-state index is 0. The molecule has 14 heteroatoms. The molecule has 0 bridgehead atoms. The summed E-state index contributed by atoms with van der Waals surface area (Å²) in [5, 5.41) is 20.5. The number of hydrogen-bond donors (Lipinski definition) is 1. The molecule has 0 saturated carbocycles. The predicted molar refractivity (Wildman–Crippen MR) is 378 cm³/mol. The number of halogens is 2. The predicted octanol–water partition coefficient (Wildman–Crippen LogP) is 20.9. The Hall–Kier alpha value is -4.20. The van der Waals surface area contributed by atoms with E-state index in [-0.39, 0.29) is 55.6 Å². The van der Waals surface area contributed by atoms with Crippen LogP contribution in [-0.2, 0) is 71.0 Å². The van der Waals surface area contributed by atoms with Crippen molar-refractivity contribution >= 4 is 73.7 Å². The van der Waals surface area contributed by atoms with E-state index in [9.17, 15) is 24.6 Å². The summed E-state index contributed by atoms with van der Waals surface area (Å²) in [6.45, 7) is 35.3. The molecule has 0 aliphatic carbocycles.